The Balaban J connectivity index is 1.24. The summed E-state index contributed by atoms with van der Waals surface area (Å²) < 4.78 is 23.1. The second-order valence-electron chi connectivity index (χ2n) is 12.4. The normalized spacial score (nSPS) is 11.9. The number of carboxylic acids is 1. The fourth-order valence-electron chi connectivity index (χ4n) is 4.13. The standard InChI is InChI=1S/C35H47NO6/c1-34(2,3)29-21-30(35(4,5)6)23-32(22-29)42-20-18-40-16-15-39-17-19-41-31-13-9-27(10-14-31)25-36-24-26-7-11-28(12-8-26)33(37)38/h7-14,21-23,36H,15-20,24-25H2,1-6H3,(H,37,38). The Morgan fingerprint density at radius 2 is 1.05 bits per heavy atom. The van der Waals surface area contributed by atoms with Crippen LogP contribution in [0.3, 0.4) is 0 Å². The molecule has 0 amide bonds. The number of carboxylic acid groups (broad SMARTS) is 1. The van der Waals surface area contributed by atoms with Crippen molar-refractivity contribution >= 4 is 5.97 Å². The highest BCUT2D eigenvalue weighted by molar-refractivity contribution is 5.87. The first-order valence-electron chi connectivity index (χ1n) is 14.6. The quantitative estimate of drug-likeness (QED) is 0.182. The van der Waals surface area contributed by atoms with Crippen molar-refractivity contribution in [2.24, 2.45) is 0 Å². The molecule has 0 aliphatic carbocycles. The third-order valence-electron chi connectivity index (χ3n) is 6.79. The fourth-order valence-corrected chi connectivity index (χ4v) is 4.13. The predicted molar refractivity (Wildman–Crippen MR) is 167 cm³/mol. The molecule has 7 heteroatoms. The Morgan fingerprint density at radius 3 is 1.50 bits per heavy atom. The minimum absolute atomic E-state index is 0.0554. The predicted octanol–water partition coefficient (Wildman–Crippen LogP) is 6.76. The maximum absolute atomic E-state index is 10.9. The number of hydrogen-bond acceptors (Lipinski definition) is 6. The van der Waals surface area contributed by atoms with Crippen molar-refractivity contribution in [2.75, 3.05) is 39.6 Å². The Labute approximate surface area is 251 Å². The van der Waals surface area contributed by atoms with Crippen LogP contribution in [0.15, 0.2) is 66.7 Å². The van der Waals surface area contributed by atoms with Gasteiger partial charge in [0.1, 0.15) is 24.7 Å². The van der Waals surface area contributed by atoms with Crippen molar-refractivity contribution in [3.8, 4) is 11.5 Å². The van der Waals surface area contributed by atoms with Gasteiger partial charge < -0.3 is 29.4 Å². The first-order valence-corrected chi connectivity index (χ1v) is 14.6. The van der Waals surface area contributed by atoms with Gasteiger partial charge >= 0.3 is 5.97 Å². The number of hydrogen-bond donors (Lipinski definition) is 2. The molecule has 3 aromatic carbocycles. The molecule has 0 saturated heterocycles. The van der Waals surface area contributed by atoms with Gasteiger partial charge in [-0.25, -0.2) is 4.79 Å². The maximum Gasteiger partial charge on any atom is 0.335 e. The lowest BCUT2D eigenvalue weighted by atomic mass is 9.80. The molecule has 3 rings (SSSR count). The first kappa shape index (κ1) is 33.1. The van der Waals surface area contributed by atoms with Gasteiger partial charge in [-0.05, 0) is 69.5 Å². The molecule has 0 spiro atoms. The molecule has 0 unspecified atom stereocenters. The number of ether oxygens (including phenoxy) is 4. The summed E-state index contributed by atoms with van der Waals surface area (Å²) in [4.78, 5) is 10.9. The Morgan fingerprint density at radius 1 is 0.619 bits per heavy atom. The van der Waals surface area contributed by atoms with Crippen molar-refractivity contribution in [1.29, 1.82) is 0 Å². The molecule has 0 radical (unpaired) electrons. The van der Waals surface area contributed by atoms with Crippen LogP contribution in [-0.4, -0.2) is 50.7 Å². The average molecular weight is 578 g/mol. The molecular weight excluding hydrogens is 530 g/mol. The van der Waals surface area contributed by atoms with Crippen LogP contribution in [0.4, 0.5) is 0 Å². The molecule has 0 aliphatic rings. The van der Waals surface area contributed by atoms with E-state index >= 15 is 0 Å². The molecule has 0 aromatic heterocycles. The lowest BCUT2D eigenvalue weighted by molar-refractivity contribution is 0.0273. The molecule has 2 N–H and O–H groups in total. The van der Waals surface area contributed by atoms with Crippen LogP contribution >= 0.6 is 0 Å². The van der Waals surface area contributed by atoms with E-state index in [-0.39, 0.29) is 10.8 Å². The van der Waals surface area contributed by atoms with E-state index in [1.807, 2.05) is 36.4 Å². The number of rotatable bonds is 16. The Bertz CT molecular complexity index is 1210. The van der Waals surface area contributed by atoms with Crippen molar-refractivity contribution in [1.82, 2.24) is 5.32 Å². The number of nitrogens with one attached hydrogen (secondary N) is 1. The van der Waals surface area contributed by atoms with E-state index in [4.69, 9.17) is 24.1 Å². The molecule has 0 atom stereocenters. The lowest BCUT2D eigenvalue weighted by Crippen LogP contribution is -2.17. The average Bonchev–Trinajstić information content (AvgIpc) is 2.94. The second-order valence-corrected chi connectivity index (χ2v) is 12.4. The van der Waals surface area contributed by atoms with Gasteiger partial charge in [0.2, 0.25) is 0 Å². The summed E-state index contributed by atoms with van der Waals surface area (Å²) >= 11 is 0. The highest BCUT2D eigenvalue weighted by Gasteiger charge is 2.21. The molecule has 0 aliphatic heterocycles. The molecule has 3 aromatic rings. The van der Waals surface area contributed by atoms with E-state index in [1.54, 1.807) is 12.1 Å². The van der Waals surface area contributed by atoms with Crippen LogP contribution in [0, 0.1) is 0 Å². The van der Waals surface area contributed by atoms with Gasteiger partial charge in [0.05, 0.1) is 32.0 Å². The minimum Gasteiger partial charge on any atom is -0.491 e. The fraction of sp³-hybridized carbons (Fsp3) is 0.457. The van der Waals surface area contributed by atoms with E-state index < -0.39 is 5.97 Å². The highest BCUT2D eigenvalue weighted by Crippen LogP contribution is 2.32. The smallest absolute Gasteiger partial charge is 0.335 e. The van der Waals surface area contributed by atoms with Crippen LogP contribution in [-0.2, 0) is 33.4 Å². The number of carbonyl (C=O) groups is 1. The van der Waals surface area contributed by atoms with Gasteiger partial charge in [0.25, 0.3) is 0 Å². The van der Waals surface area contributed by atoms with E-state index in [1.165, 1.54) is 11.1 Å². The highest BCUT2D eigenvalue weighted by atomic mass is 16.6. The molecular formula is C35H47NO6. The van der Waals surface area contributed by atoms with Gasteiger partial charge in [-0.1, -0.05) is 71.9 Å². The van der Waals surface area contributed by atoms with Gasteiger partial charge in [0.15, 0.2) is 0 Å². The molecule has 42 heavy (non-hydrogen) atoms. The van der Waals surface area contributed by atoms with Crippen molar-refractivity contribution in [2.45, 2.75) is 65.5 Å². The molecule has 0 fully saturated rings. The van der Waals surface area contributed by atoms with Crippen LogP contribution in [0.5, 0.6) is 11.5 Å². The molecule has 0 heterocycles. The summed E-state index contributed by atoms with van der Waals surface area (Å²) in [5, 5.41) is 12.4. The van der Waals surface area contributed by atoms with E-state index in [9.17, 15) is 4.79 Å². The van der Waals surface area contributed by atoms with Crippen molar-refractivity contribution < 1.29 is 28.8 Å². The SMILES string of the molecule is CC(C)(C)c1cc(OCCOCCOCCOc2ccc(CNCc3ccc(C(=O)O)cc3)cc2)cc(C(C)(C)C)c1. The third-order valence-corrected chi connectivity index (χ3v) is 6.79. The minimum atomic E-state index is -0.914. The van der Waals surface area contributed by atoms with E-state index in [0.29, 0.717) is 58.3 Å². The monoisotopic (exact) mass is 577 g/mol. The molecule has 0 saturated carbocycles. The van der Waals surface area contributed by atoms with Crippen molar-refractivity contribution in [3.05, 3.63) is 94.5 Å². The lowest BCUT2D eigenvalue weighted by Gasteiger charge is -2.26. The van der Waals surface area contributed by atoms with Gasteiger partial charge in [0, 0.05) is 13.1 Å². The summed E-state index contributed by atoms with van der Waals surface area (Å²) in [6.07, 6.45) is 0. The van der Waals surface area contributed by atoms with E-state index in [2.05, 4.69) is 65.1 Å². The summed E-state index contributed by atoms with van der Waals surface area (Å²) in [5.41, 5.74) is 5.12. The summed E-state index contributed by atoms with van der Waals surface area (Å²) in [6.45, 7) is 17.6. The van der Waals surface area contributed by atoms with E-state index in [0.717, 1.165) is 22.6 Å². The summed E-state index contributed by atoms with van der Waals surface area (Å²) in [6, 6.07) is 21.4. The van der Waals surface area contributed by atoms with Crippen LogP contribution in [0.25, 0.3) is 0 Å². The third kappa shape index (κ3) is 11.5. The van der Waals surface area contributed by atoms with Gasteiger partial charge in [-0.2, -0.15) is 0 Å². The van der Waals surface area contributed by atoms with Crippen LogP contribution in [0.2, 0.25) is 0 Å². The summed E-state index contributed by atoms with van der Waals surface area (Å²) in [7, 11) is 0. The zero-order valence-electron chi connectivity index (χ0n) is 26.0. The first-order chi connectivity index (χ1) is 19.9. The largest absolute Gasteiger partial charge is 0.491 e. The zero-order valence-corrected chi connectivity index (χ0v) is 26.0. The van der Waals surface area contributed by atoms with Crippen LogP contribution in [0.1, 0.15) is 74.2 Å². The van der Waals surface area contributed by atoms with Gasteiger partial charge in [-0.15, -0.1) is 0 Å². The molecule has 0 bridgehead atoms. The number of benzene rings is 3. The molecule has 7 nitrogen and oxygen atoms in total. The second kappa shape index (κ2) is 15.7. The Hall–Kier alpha value is -3.39. The van der Waals surface area contributed by atoms with Crippen LogP contribution < -0.4 is 14.8 Å². The maximum atomic E-state index is 10.9. The Kier molecular flexibility index (Phi) is 12.4. The topological polar surface area (TPSA) is 86.3 Å². The van der Waals surface area contributed by atoms with Crippen molar-refractivity contribution in [3.63, 3.8) is 0 Å². The van der Waals surface area contributed by atoms with Gasteiger partial charge in [-0.3, -0.25) is 0 Å². The summed E-state index contributed by atoms with van der Waals surface area (Å²) in [5.74, 6) is 0.770. The molecule has 228 valence electrons. The number of aromatic carboxylic acids is 1. The zero-order chi connectivity index (χ0) is 30.6.